The SMILES string of the molecule is CC(C)Cc1ccc(CN2CCC(C(O)c3nccn3C)CC2)cc1. The van der Waals surface area contributed by atoms with Crippen LogP contribution in [0.15, 0.2) is 36.7 Å². The zero-order valence-corrected chi connectivity index (χ0v) is 15.7. The van der Waals surface area contributed by atoms with E-state index in [1.165, 1.54) is 11.1 Å². The monoisotopic (exact) mass is 341 g/mol. The summed E-state index contributed by atoms with van der Waals surface area (Å²) in [7, 11) is 1.95. The molecule has 2 aromatic rings. The van der Waals surface area contributed by atoms with Crippen molar-refractivity contribution in [1.29, 1.82) is 0 Å². The van der Waals surface area contributed by atoms with Gasteiger partial charge in [0, 0.05) is 26.0 Å². The maximum atomic E-state index is 10.6. The molecular formula is C21H31N3O. The third-order valence-corrected chi connectivity index (χ3v) is 5.27. The lowest BCUT2D eigenvalue weighted by Gasteiger charge is -2.34. The number of likely N-dealkylation sites (tertiary alicyclic amines) is 1. The zero-order valence-electron chi connectivity index (χ0n) is 15.7. The predicted molar refractivity (Wildman–Crippen MR) is 101 cm³/mol. The van der Waals surface area contributed by atoms with Crippen LogP contribution in [0.3, 0.4) is 0 Å². The van der Waals surface area contributed by atoms with Gasteiger partial charge in [0.25, 0.3) is 0 Å². The number of hydrogen-bond donors (Lipinski definition) is 1. The lowest BCUT2D eigenvalue weighted by atomic mass is 9.90. The molecule has 1 aromatic heterocycles. The Labute approximate surface area is 151 Å². The highest BCUT2D eigenvalue weighted by molar-refractivity contribution is 5.23. The second-order valence-electron chi connectivity index (χ2n) is 7.87. The van der Waals surface area contributed by atoms with E-state index < -0.39 is 6.10 Å². The Bertz CT molecular complexity index is 654. The second-order valence-corrected chi connectivity index (χ2v) is 7.87. The molecule has 3 rings (SSSR count). The predicted octanol–water partition coefficient (Wildman–Crippen LogP) is 3.56. The lowest BCUT2D eigenvalue weighted by Crippen LogP contribution is -2.35. The Balaban J connectivity index is 1.50. The Morgan fingerprint density at radius 3 is 2.32 bits per heavy atom. The van der Waals surface area contributed by atoms with Gasteiger partial charge in [0.2, 0.25) is 0 Å². The van der Waals surface area contributed by atoms with Gasteiger partial charge in [0.1, 0.15) is 11.9 Å². The van der Waals surface area contributed by atoms with Crippen LogP contribution in [0.25, 0.3) is 0 Å². The van der Waals surface area contributed by atoms with Gasteiger partial charge in [-0.3, -0.25) is 4.90 Å². The van der Waals surface area contributed by atoms with Gasteiger partial charge >= 0.3 is 0 Å². The summed E-state index contributed by atoms with van der Waals surface area (Å²) in [6.45, 7) is 7.61. The average molecular weight is 341 g/mol. The number of benzene rings is 1. The highest BCUT2D eigenvalue weighted by Gasteiger charge is 2.28. The molecule has 1 aromatic carbocycles. The molecule has 1 unspecified atom stereocenters. The maximum absolute atomic E-state index is 10.6. The smallest absolute Gasteiger partial charge is 0.137 e. The molecule has 0 radical (unpaired) electrons. The molecule has 1 aliphatic heterocycles. The van der Waals surface area contributed by atoms with Crippen LogP contribution in [0, 0.1) is 11.8 Å². The highest BCUT2D eigenvalue weighted by Crippen LogP contribution is 2.30. The van der Waals surface area contributed by atoms with Crippen molar-refractivity contribution in [1.82, 2.24) is 14.5 Å². The number of piperidine rings is 1. The number of aromatic nitrogens is 2. The molecule has 0 spiro atoms. The summed E-state index contributed by atoms with van der Waals surface area (Å²) < 4.78 is 1.93. The molecule has 136 valence electrons. The van der Waals surface area contributed by atoms with Crippen molar-refractivity contribution in [2.75, 3.05) is 13.1 Å². The minimum atomic E-state index is -0.447. The average Bonchev–Trinajstić information content (AvgIpc) is 3.02. The van der Waals surface area contributed by atoms with Crippen LogP contribution in [-0.2, 0) is 20.0 Å². The number of aliphatic hydroxyl groups is 1. The number of rotatable bonds is 6. The summed E-state index contributed by atoms with van der Waals surface area (Å²) >= 11 is 0. The summed E-state index contributed by atoms with van der Waals surface area (Å²) in [6.07, 6.45) is 6.42. The quantitative estimate of drug-likeness (QED) is 0.873. The van der Waals surface area contributed by atoms with Crippen LogP contribution in [0.5, 0.6) is 0 Å². The van der Waals surface area contributed by atoms with E-state index in [4.69, 9.17) is 0 Å². The molecule has 0 amide bonds. The Hall–Kier alpha value is -1.65. The maximum Gasteiger partial charge on any atom is 0.137 e. The fraction of sp³-hybridized carbons (Fsp3) is 0.571. The van der Waals surface area contributed by atoms with Gasteiger partial charge in [-0.2, -0.15) is 0 Å². The van der Waals surface area contributed by atoms with Gasteiger partial charge in [0.15, 0.2) is 0 Å². The van der Waals surface area contributed by atoms with Crippen LogP contribution >= 0.6 is 0 Å². The summed E-state index contributed by atoms with van der Waals surface area (Å²) in [5.74, 6) is 1.81. The molecule has 1 fully saturated rings. The summed E-state index contributed by atoms with van der Waals surface area (Å²) in [6, 6.07) is 9.08. The fourth-order valence-electron chi connectivity index (χ4n) is 3.81. The molecule has 0 saturated carbocycles. The van der Waals surface area contributed by atoms with Crippen molar-refractivity contribution >= 4 is 0 Å². The summed E-state index contributed by atoms with van der Waals surface area (Å²) in [5.41, 5.74) is 2.81. The van der Waals surface area contributed by atoms with Gasteiger partial charge in [-0.1, -0.05) is 38.1 Å². The minimum Gasteiger partial charge on any atom is -0.385 e. The van der Waals surface area contributed by atoms with E-state index in [1.807, 2.05) is 17.8 Å². The number of hydrogen-bond acceptors (Lipinski definition) is 3. The van der Waals surface area contributed by atoms with Crippen LogP contribution in [0.4, 0.5) is 0 Å². The van der Waals surface area contributed by atoms with Gasteiger partial charge in [-0.05, 0) is 55.3 Å². The third kappa shape index (κ3) is 4.71. The van der Waals surface area contributed by atoms with E-state index in [0.717, 1.165) is 44.7 Å². The minimum absolute atomic E-state index is 0.311. The van der Waals surface area contributed by atoms with Crippen molar-refractivity contribution in [2.24, 2.45) is 18.9 Å². The van der Waals surface area contributed by atoms with E-state index in [-0.39, 0.29) is 0 Å². The van der Waals surface area contributed by atoms with Crippen LogP contribution in [-0.4, -0.2) is 32.6 Å². The molecule has 1 aliphatic rings. The van der Waals surface area contributed by atoms with Crippen molar-refractivity contribution < 1.29 is 5.11 Å². The highest BCUT2D eigenvalue weighted by atomic mass is 16.3. The number of aliphatic hydroxyl groups excluding tert-OH is 1. The first kappa shape index (κ1) is 18.2. The first-order chi connectivity index (χ1) is 12.0. The molecule has 0 aliphatic carbocycles. The van der Waals surface area contributed by atoms with Crippen molar-refractivity contribution in [3.8, 4) is 0 Å². The molecule has 2 heterocycles. The Kier molecular flexibility index (Phi) is 5.92. The fourth-order valence-corrected chi connectivity index (χ4v) is 3.81. The van der Waals surface area contributed by atoms with E-state index in [2.05, 4.69) is 48.0 Å². The van der Waals surface area contributed by atoms with E-state index in [1.54, 1.807) is 6.20 Å². The normalized spacial score (nSPS) is 18.0. The van der Waals surface area contributed by atoms with E-state index in [9.17, 15) is 5.11 Å². The van der Waals surface area contributed by atoms with Crippen LogP contribution in [0.1, 0.15) is 49.7 Å². The third-order valence-electron chi connectivity index (χ3n) is 5.27. The standard InChI is InChI=1S/C21H31N3O/c1-16(2)14-17-4-6-18(7-5-17)15-24-11-8-19(9-12-24)20(25)21-22-10-13-23(21)3/h4-7,10,13,16,19-20,25H,8-9,11-12,14-15H2,1-3H3. The molecule has 0 bridgehead atoms. The molecule has 1 saturated heterocycles. The van der Waals surface area contributed by atoms with Crippen LogP contribution < -0.4 is 0 Å². The second kappa shape index (κ2) is 8.15. The number of aryl methyl sites for hydroxylation is 1. The summed E-state index contributed by atoms with van der Waals surface area (Å²) in [4.78, 5) is 6.80. The molecule has 4 nitrogen and oxygen atoms in total. The topological polar surface area (TPSA) is 41.3 Å². The number of imidazole rings is 1. The van der Waals surface area contributed by atoms with Crippen molar-refractivity contribution in [2.45, 2.75) is 45.8 Å². The lowest BCUT2D eigenvalue weighted by molar-refractivity contribution is 0.0492. The largest absolute Gasteiger partial charge is 0.385 e. The van der Waals surface area contributed by atoms with Gasteiger partial charge in [-0.25, -0.2) is 4.98 Å². The molecule has 4 heteroatoms. The molecule has 1 N–H and O–H groups in total. The summed E-state index contributed by atoms with van der Waals surface area (Å²) in [5, 5.41) is 10.6. The Morgan fingerprint density at radius 1 is 1.12 bits per heavy atom. The van der Waals surface area contributed by atoms with Crippen molar-refractivity contribution in [3.05, 3.63) is 53.6 Å². The van der Waals surface area contributed by atoms with E-state index >= 15 is 0 Å². The van der Waals surface area contributed by atoms with Crippen LogP contribution in [0.2, 0.25) is 0 Å². The molecule has 1 atom stereocenters. The molecular weight excluding hydrogens is 310 g/mol. The van der Waals surface area contributed by atoms with Crippen molar-refractivity contribution in [3.63, 3.8) is 0 Å². The Morgan fingerprint density at radius 2 is 1.76 bits per heavy atom. The zero-order chi connectivity index (χ0) is 17.8. The van der Waals surface area contributed by atoms with Gasteiger partial charge in [0.05, 0.1) is 0 Å². The first-order valence-corrected chi connectivity index (χ1v) is 9.48. The van der Waals surface area contributed by atoms with E-state index in [0.29, 0.717) is 11.8 Å². The first-order valence-electron chi connectivity index (χ1n) is 9.48. The molecule has 25 heavy (non-hydrogen) atoms. The van der Waals surface area contributed by atoms with Gasteiger partial charge < -0.3 is 9.67 Å². The number of nitrogens with zero attached hydrogens (tertiary/aromatic N) is 3. The van der Waals surface area contributed by atoms with Gasteiger partial charge in [-0.15, -0.1) is 0 Å².